The first-order valence-electron chi connectivity index (χ1n) is 9.37. The van der Waals surface area contributed by atoms with E-state index in [9.17, 15) is 14.7 Å². The molecule has 2 aromatic heterocycles. The van der Waals surface area contributed by atoms with Crippen LogP contribution in [0.25, 0.3) is 27.6 Å². The maximum atomic E-state index is 13.5. The van der Waals surface area contributed by atoms with Crippen molar-refractivity contribution in [2.45, 2.75) is 9.79 Å². The molecule has 0 saturated carbocycles. The number of benzene rings is 3. The van der Waals surface area contributed by atoms with E-state index in [1.165, 1.54) is 4.57 Å². The molecule has 0 aliphatic heterocycles. The van der Waals surface area contributed by atoms with Crippen molar-refractivity contribution >= 4 is 45.2 Å². The third kappa shape index (κ3) is 3.30. The molecule has 1 N–H and O–H groups in total. The molecule has 0 atom stereocenters. The Kier molecular flexibility index (Phi) is 4.81. The van der Waals surface area contributed by atoms with Gasteiger partial charge in [0.15, 0.2) is 11.3 Å². The lowest BCUT2D eigenvalue weighted by molar-refractivity contribution is 0.447. The maximum Gasteiger partial charge on any atom is 0.354 e. The third-order valence-electron chi connectivity index (χ3n) is 4.90. The molecule has 0 amide bonds. The Labute approximate surface area is 185 Å². The van der Waals surface area contributed by atoms with Crippen molar-refractivity contribution in [2.75, 3.05) is 0 Å². The normalized spacial score (nSPS) is 11.3. The minimum atomic E-state index is -0.725. The van der Waals surface area contributed by atoms with Crippen LogP contribution in [0.2, 0.25) is 5.02 Å². The molecule has 5 nitrogen and oxygen atoms in total. The zero-order valence-corrected chi connectivity index (χ0v) is 17.5. The van der Waals surface area contributed by atoms with Gasteiger partial charge in [-0.05, 0) is 42.5 Å². The van der Waals surface area contributed by atoms with Gasteiger partial charge in [-0.3, -0.25) is 9.36 Å². The van der Waals surface area contributed by atoms with Crippen LogP contribution in [0, 0.1) is 0 Å². The molecule has 152 valence electrons. The van der Waals surface area contributed by atoms with Crippen molar-refractivity contribution in [1.82, 2.24) is 4.57 Å². The number of pyridine rings is 1. The molecule has 5 aromatic rings. The van der Waals surface area contributed by atoms with Crippen LogP contribution in [0.15, 0.2) is 103 Å². The molecule has 5 rings (SSSR count). The lowest BCUT2D eigenvalue weighted by Gasteiger charge is -2.14. The highest BCUT2D eigenvalue weighted by Crippen LogP contribution is 2.38. The van der Waals surface area contributed by atoms with Gasteiger partial charge in [-0.15, -0.1) is 0 Å². The second-order valence-electron chi connectivity index (χ2n) is 6.82. The van der Waals surface area contributed by atoms with Crippen molar-refractivity contribution in [1.29, 1.82) is 0 Å². The average Bonchev–Trinajstić information content (AvgIpc) is 2.77. The second kappa shape index (κ2) is 7.65. The first-order chi connectivity index (χ1) is 15.0. The summed E-state index contributed by atoms with van der Waals surface area (Å²) in [4.78, 5) is 26.9. The summed E-state index contributed by atoms with van der Waals surface area (Å²) in [6.45, 7) is 0. The monoisotopic (exact) mass is 447 g/mol. The van der Waals surface area contributed by atoms with Gasteiger partial charge in [0.1, 0.15) is 10.3 Å². The van der Waals surface area contributed by atoms with Gasteiger partial charge in [0, 0.05) is 21.0 Å². The smallest absolute Gasteiger partial charge is 0.354 e. The van der Waals surface area contributed by atoms with Crippen LogP contribution in [0.5, 0.6) is 5.75 Å². The Morgan fingerprint density at radius 2 is 1.65 bits per heavy atom. The van der Waals surface area contributed by atoms with Crippen LogP contribution < -0.4 is 11.2 Å². The second-order valence-corrected chi connectivity index (χ2v) is 8.34. The summed E-state index contributed by atoms with van der Waals surface area (Å²) in [6, 6.07) is 23.1. The van der Waals surface area contributed by atoms with Gasteiger partial charge in [0.05, 0.1) is 5.52 Å². The molecule has 31 heavy (non-hydrogen) atoms. The fourth-order valence-electron chi connectivity index (χ4n) is 3.55. The zero-order valence-electron chi connectivity index (χ0n) is 15.9. The molecule has 0 aliphatic carbocycles. The Hall–Kier alpha value is -3.48. The topological polar surface area (TPSA) is 72.4 Å². The zero-order chi connectivity index (χ0) is 21.5. The number of fused-ring (bicyclic) bond motifs is 3. The number of aromatic hydroxyl groups is 1. The fourth-order valence-corrected chi connectivity index (χ4v) is 4.70. The molecule has 0 fully saturated rings. The number of rotatable bonds is 3. The number of hydrogen-bond acceptors (Lipinski definition) is 5. The van der Waals surface area contributed by atoms with E-state index in [-0.39, 0.29) is 15.9 Å². The summed E-state index contributed by atoms with van der Waals surface area (Å²) in [7, 11) is 0. The van der Waals surface area contributed by atoms with E-state index < -0.39 is 16.9 Å². The van der Waals surface area contributed by atoms with E-state index >= 15 is 0 Å². The predicted molar refractivity (Wildman–Crippen MR) is 123 cm³/mol. The molecule has 0 aliphatic rings. The number of halogens is 1. The Morgan fingerprint density at radius 3 is 2.42 bits per heavy atom. The molecule has 3 aromatic carbocycles. The van der Waals surface area contributed by atoms with Crippen LogP contribution >= 0.6 is 23.4 Å². The summed E-state index contributed by atoms with van der Waals surface area (Å²) < 4.78 is 7.08. The van der Waals surface area contributed by atoms with E-state index in [0.717, 1.165) is 11.8 Å². The van der Waals surface area contributed by atoms with E-state index in [2.05, 4.69) is 0 Å². The molecular weight excluding hydrogens is 434 g/mol. The van der Waals surface area contributed by atoms with Gasteiger partial charge in [0.2, 0.25) is 0 Å². The minimum Gasteiger partial charge on any atom is -0.505 e. The number of nitrogens with zero attached hydrogens (tertiary/aromatic N) is 1. The maximum absolute atomic E-state index is 13.5. The molecule has 0 radical (unpaired) electrons. The van der Waals surface area contributed by atoms with E-state index in [4.69, 9.17) is 16.0 Å². The molecular formula is C24H14ClNO4S. The molecule has 0 spiro atoms. The molecule has 0 bridgehead atoms. The predicted octanol–water partition coefficient (Wildman–Crippen LogP) is 5.61. The van der Waals surface area contributed by atoms with Crippen molar-refractivity contribution in [3.05, 3.63) is 105 Å². The number of para-hydroxylation sites is 2. The molecule has 0 saturated heterocycles. The van der Waals surface area contributed by atoms with Crippen LogP contribution in [0.3, 0.4) is 0 Å². The lowest BCUT2D eigenvalue weighted by Crippen LogP contribution is -2.20. The Morgan fingerprint density at radius 1 is 0.903 bits per heavy atom. The standard InChI is InChI=1S/C24H14ClNO4S/c25-14-7-6-10-16(13-14)31-22-20(27)19-21(30-24(22)29)17-11-4-5-12-18(17)26(23(19)28)15-8-2-1-3-9-15/h1-13,27H. The first kappa shape index (κ1) is 19.5. The Bertz CT molecular complexity index is 1570. The summed E-state index contributed by atoms with van der Waals surface area (Å²) in [5, 5.41) is 12.0. The van der Waals surface area contributed by atoms with Gasteiger partial charge < -0.3 is 9.52 Å². The van der Waals surface area contributed by atoms with Crippen molar-refractivity contribution in [2.24, 2.45) is 0 Å². The van der Waals surface area contributed by atoms with Gasteiger partial charge >= 0.3 is 5.63 Å². The SMILES string of the molecule is O=c1oc2c(c(O)c1Sc1cccc(Cl)c1)c(=O)n(-c1ccccc1)c1ccccc21. The number of aromatic nitrogens is 1. The van der Waals surface area contributed by atoms with Crippen LogP contribution in [0.1, 0.15) is 0 Å². The largest absolute Gasteiger partial charge is 0.505 e. The van der Waals surface area contributed by atoms with E-state index in [0.29, 0.717) is 26.5 Å². The van der Waals surface area contributed by atoms with E-state index in [1.54, 1.807) is 60.7 Å². The third-order valence-corrected chi connectivity index (χ3v) is 6.18. The minimum absolute atomic E-state index is 0.0494. The van der Waals surface area contributed by atoms with Crippen molar-refractivity contribution < 1.29 is 9.52 Å². The summed E-state index contributed by atoms with van der Waals surface area (Å²) in [6.07, 6.45) is 0. The summed E-state index contributed by atoms with van der Waals surface area (Å²) in [5.74, 6) is -0.406. The summed E-state index contributed by atoms with van der Waals surface area (Å²) in [5.41, 5.74) is 0.0704. The average molecular weight is 448 g/mol. The van der Waals surface area contributed by atoms with Crippen LogP contribution in [0.4, 0.5) is 0 Å². The highest BCUT2D eigenvalue weighted by atomic mass is 35.5. The Balaban J connectivity index is 1.87. The van der Waals surface area contributed by atoms with Gasteiger partial charge in [-0.2, -0.15) is 0 Å². The first-order valence-corrected chi connectivity index (χ1v) is 10.6. The lowest BCUT2D eigenvalue weighted by atomic mass is 10.1. The fraction of sp³-hybridized carbons (Fsp3) is 0. The molecule has 2 heterocycles. The van der Waals surface area contributed by atoms with Gasteiger partial charge in [-0.25, -0.2) is 4.79 Å². The van der Waals surface area contributed by atoms with Crippen LogP contribution in [-0.4, -0.2) is 9.67 Å². The van der Waals surface area contributed by atoms with E-state index in [1.807, 2.05) is 18.2 Å². The number of hydrogen-bond donors (Lipinski definition) is 1. The van der Waals surface area contributed by atoms with Crippen molar-refractivity contribution in [3.63, 3.8) is 0 Å². The summed E-state index contributed by atoms with van der Waals surface area (Å²) >= 11 is 7.03. The van der Waals surface area contributed by atoms with Crippen LogP contribution in [-0.2, 0) is 0 Å². The van der Waals surface area contributed by atoms with Crippen molar-refractivity contribution in [3.8, 4) is 11.4 Å². The molecule has 7 heteroatoms. The van der Waals surface area contributed by atoms with Gasteiger partial charge in [0.25, 0.3) is 5.56 Å². The quantitative estimate of drug-likeness (QED) is 0.364. The highest BCUT2D eigenvalue weighted by Gasteiger charge is 2.22. The van der Waals surface area contributed by atoms with Gasteiger partial charge in [-0.1, -0.05) is 59.8 Å². The highest BCUT2D eigenvalue weighted by molar-refractivity contribution is 7.99. The molecule has 0 unspecified atom stereocenters.